The van der Waals surface area contributed by atoms with Gasteiger partial charge in [0.05, 0.1) is 12.0 Å². The fourth-order valence-electron chi connectivity index (χ4n) is 7.12. The Morgan fingerprint density at radius 1 is 1.06 bits per heavy atom. The number of carbonyl (C=O) groups is 1. The highest BCUT2D eigenvalue weighted by Crippen LogP contribution is 2.67. The van der Waals surface area contributed by atoms with Gasteiger partial charge < -0.3 is 9.47 Å². The van der Waals surface area contributed by atoms with Gasteiger partial charge in [0.1, 0.15) is 5.60 Å². The number of ether oxygens (including phenoxy) is 2. The number of hydrogen-bond donors (Lipinski definition) is 0. The maximum atomic E-state index is 13.5. The molecule has 0 heterocycles. The third-order valence-electron chi connectivity index (χ3n) is 9.14. The summed E-state index contributed by atoms with van der Waals surface area (Å²) in [6.07, 6.45) is 3.78. The zero-order valence-corrected chi connectivity index (χ0v) is 23.3. The minimum absolute atomic E-state index is 0.0435. The third kappa shape index (κ3) is 5.13. The first kappa shape index (κ1) is 26.9. The second-order valence-electron chi connectivity index (χ2n) is 12.6. The number of esters is 1. The number of benzene rings is 2. The lowest BCUT2D eigenvalue weighted by Crippen LogP contribution is -2.51. The van der Waals surface area contributed by atoms with Gasteiger partial charge in [0.25, 0.3) is 0 Å². The Morgan fingerprint density at radius 3 is 2.22 bits per heavy atom. The lowest BCUT2D eigenvalue weighted by molar-refractivity contribution is -0.163. The Hall–Kier alpha value is -2.17. The van der Waals surface area contributed by atoms with E-state index < -0.39 is 5.60 Å². The molecule has 4 nitrogen and oxygen atoms in total. The summed E-state index contributed by atoms with van der Waals surface area (Å²) in [4.78, 5) is 16.1. The predicted molar refractivity (Wildman–Crippen MR) is 145 cm³/mol. The highest BCUT2D eigenvalue weighted by molar-refractivity contribution is 5.73. The lowest BCUT2D eigenvalue weighted by atomic mass is 9.67. The molecule has 0 radical (unpaired) electrons. The van der Waals surface area contributed by atoms with E-state index in [1.165, 1.54) is 12.0 Å². The number of nitrogens with zero attached hydrogens (tertiary/aromatic N) is 1. The van der Waals surface area contributed by atoms with Gasteiger partial charge in [-0.15, -0.1) is 0 Å². The van der Waals surface area contributed by atoms with Crippen LogP contribution in [0.2, 0.25) is 0 Å². The summed E-state index contributed by atoms with van der Waals surface area (Å²) in [7, 11) is 1.88. The number of rotatable bonds is 9. The molecule has 5 atom stereocenters. The van der Waals surface area contributed by atoms with Gasteiger partial charge >= 0.3 is 5.97 Å². The number of hydrogen-bond acceptors (Lipinski definition) is 4. The molecule has 2 aromatic rings. The van der Waals surface area contributed by atoms with Crippen LogP contribution in [-0.4, -0.2) is 36.2 Å². The zero-order valence-electron chi connectivity index (χ0n) is 23.3. The average molecular weight is 492 g/mol. The molecule has 196 valence electrons. The van der Waals surface area contributed by atoms with Gasteiger partial charge in [-0.2, -0.15) is 0 Å². The van der Waals surface area contributed by atoms with Crippen molar-refractivity contribution < 1.29 is 14.3 Å². The van der Waals surface area contributed by atoms with Crippen LogP contribution in [-0.2, 0) is 20.8 Å². The molecule has 4 heteroatoms. The zero-order chi connectivity index (χ0) is 26.1. The summed E-state index contributed by atoms with van der Waals surface area (Å²) in [5, 5.41) is 0. The minimum Gasteiger partial charge on any atom is -0.460 e. The Bertz CT molecular complexity index is 1010. The van der Waals surface area contributed by atoms with Crippen LogP contribution in [0.25, 0.3) is 0 Å². The molecule has 2 saturated carbocycles. The summed E-state index contributed by atoms with van der Waals surface area (Å²) in [5.41, 5.74) is 2.11. The number of methoxy groups -OCH3 is 1. The molecule has 2 aliphatic rings. The van der Waals surface area contributed by atoms with E-state index >= 15 is 0 Å². The molecule has 2 fully saturated rings. The monoisotopic (exact) mass is 491 g/mol. The summed E-state index contributed by atoms with van der Waals surface area (Å²) in [6, 6.07) is 21.0. The van der Waals surface area contributed by atoms with Crippen LogP contribution in [0, 0.1) is 22.7 Å². The first-order valence-electron chi connectivity index (χ1n) is 13.6. The number of fused-ring (bicyclic) bond motifs is 2. The molecule has 0 spiro atoms. The van der Waals surface area contributed by atoms with Gasteiger partial charge in [-0.05, 0) is 62.5 Å². The van der Waals surface area contributed by atoms with Crippen LogP contribution in [0.5, 0.6) is 0 Å². The Kier molecular flexibility index (Phi) is 7.69. The molecule has 0 unspecified atom stereocenters. The molecule has 2 bridgehead atoms. The normalized spacial score (nSPS) is 26.7. The molecule has 0 saturated heterocycles. The number of carbonyl (C=O) groups excluding carboxylic acids is 1. The maximum absolute atomic E-state index is 13.5. The van der Waals surface area contributed by atoms with Crippen LogP contribution in [0.4, 0.5) is 0 Å². The fraction of sp³-hybridized carbons (Fsp3) is 0.594. The molecular formula is C32H45NO3. The summed E-state index contributed by atoms with van der Waals surface area (Å²) >= 11 is 0. The smallest absolute Gasteiger partial charge is 0.311 e. The van der Waals surface area contributed by atoms with Crippen molar-refractivity contribution in [2.75, 3.05) is 13.7 Å². The van der Waals surface area contributed by atoms with E-state index in [4.69, 9.17) is 9.47 Å². The van der Waals surface area contributed by atoms with E-state index in [0.29, 0.717) is 5.92 Å². The molecule has 2 aliphatic carbocycles. The standard InChI is InChI=1S/C32H45NO3/c1-23(29(34)36-30(2,3)4)28(25-16-12-9-13-17-25)33(21-24-14-10-8-11-15-24)22-32-19-18-26(31(32,5)6)20-27(32)35-7/h8-17,23,26-28H,18-22H2,1-7H3/t23-,26+,27+,28-,32+/m0/s1. The van der Waals surface area contributed by atoms with Gasteiger partial charge in [-0.3, -0.25) is 9.69 Å². The van der Waals surface area contributed by atoms with Crippen molar-refractivity contribution in [2.24, 2.45) is 22.7 Å². The van der Waals surface area contributed by atoms with E-state index in [-0.39, 0.29) is 34.9 Å². The van der Waals surface area contributed by atoms with Crippen LogP contribution in [0.15, 0.2) is 60.7 Å². The van der Waals surface area contributed by atoms with Crippen LogP contribution in [0.3, 0.4) is 0 Å². The van der Waals surface area contributed by atoms with Crippen molar-refractivity contribution in [2.45, 2.75) is 85.1 Å². The van der Waals surface area contributed by atoms with E-state index in [1.54, 1.807) is 0 Å². The first-order valence-corrected chi connectivity index (χ1v) is 13.6. The SMILES string of the molecule is CO[C@@H]1C[C@H]2CC[C@]1(CN(Cc1ccccc1)[C@H](c1ccccc1)[C@H](C)C(=O)OC(C)(C)C)C2(C)C. The lowest BCUT2D eigenvalue weighted by Gasteiger charge is -2.48. The quantitative estimate of drug-likeness (QED) is 0.352. The van der Waals surface area contributed by atoms with Crippen molar-refractivity contribution in [3.8, 4) is 0 Å². The van der Waals surface area contributed by atoms with Crippen molar-refractivity contribution in [1.82, 2.24) is 4.90 Å². The van der Waals surface area contributed by atoms with Crippen molar-refractivity contribution in [1.29, 1.82) is 0 Å². The third-order valence-corrected chi connectivity index (χ3v) is 9.14. The second kappa shape index (κ2) is 10.3. The molecule has 0 amide bonds. The second-order valence-corrected chi connectivity index (χ2v) is 12.6. The largest absolute Gasteiger partial charge is 0.460 e. The minimum atomic E-state index is -0.525. The van der Waals surface area contributed by atoms with E-state index in [0.717, 1.165) is 31.5 Å². The van der Waals surface area contributed by atoms with Gasteiger partial charge in [-0.1, -0.05) is 81.4 Å². The van der Waals surface area contributed by atoms with Crippen molar-refractivity contribution >= 4 is 5.97 Å². The Labute approximate surface area is 218 Å². The summed E-state index contributed by atoms with van der Waals surface area (Å²) in [6.45, 7) is 14.4. The van der Waals surface area contributed by atoms with Crippen molar-refractivity contribution in [3.05, 3.63) is 71.8 Å². The molecule has 2 aromatic carbocycles. The van der Waals surface area contributed by atoms with Crippen LogP contribution in [0.1, 0.15) is 78.0 Å². The van der Waals surface area contributed by atoms with E-state index in [1.807, 2.05) is 40.9 Å². The van der Waals surface area contributed by atoms with Gasteiger partial charge in [0, 0.05) is 31.7 Å². The molecule has 0 aromatic heterocycles. The Balaban J connectivity index is 1.78. The van der Waals surface area contributed by atoms with Crippen molar-refractivity contribution in [3.63, 3.8) is 0 Å². The molecular weight excluding hydrogens is 446 g/mol. The van der Waals surface area contributed by atoms with E-state index in [9.17, 15) is 4.79 Å². The van der Waals surface area contributed by atoms with Crippen LogP contribution >= 0.6 is 0 Å². The highest BCUT2D eigenvalue weighted by atomic mass is 16.6. The Morgan fingerprint density at radius 2 is 1.67 bits per heavy atom. The highest BCUT2D eigenvalue weighted by Gasteiger charge is 2.65. The maximum Gasteiger partial charge on any atom is 0.311 e. The van der Waals surface area contributed by atoms with Gasteiger partial charge in [0.2, 0.25) is 0 Å². The van der Waals surface area contributed by atoms with Crippen LogP contribution < -0.4 is 0 Å². The first-order chi connectivity index (χ1) is 17.0. The van der Waals surface area contributed by atoms with Gasteiger partial charge in [0.15, 0.2) is 0 Å². The summed E-state index contributed by atoms with van der Waals surface area (Å²) < 4.78 is 12.1. The average Bonchev–Trinajstić information content (AvgIpc) is 3.19. The molecule has 0 aliphatic heterocycles. The van der Waals surface area contributed by atoms with E-state index in [2.05, 4.69) is 73.3 Å². The molecule has 4 rings (SSSR count). The fourth-order valence-corrected chi connectivity index (χ4v) is 7.12. The summed E-state index contributed by atoms with van der Waals surface area (Å²) in [5.74, 6) is 0.208. The molecule has 0 N–H and O–H groups in total. The predicted octanol–water partition coefficient (Wildman–Crippen LogP) is 7.05. The van der Waals surface area contributed by atoms with Gasteiger partial charge in [-0.25, -0.2) is 0 Å². The molecule has 36 heavy (non-hydrogen) atoms. The topological polar surface area (TPSA) is 38.8 Å².